The maximum atomic E-state index is 12.6. The zero-order chi connectivity index (χ0) is 18.5. The first kappa shape index (κ1) is 17.8. The Morgan fingerprint density at radius 1 is 1.08 bits per heavy atom. The Balaban J connectivity index is 1.77. The smallest absolute Gasteiger partial charge is 0.292 e. The first-order valence-corrected chi connectivity index (χ1v) is 8.53. The highest BCUT2D eigenvalue weighted by atomic mass is 16.7. The zero-order valence-corrected chi connectivity index (χ0v) is 15.1. The molecule has 0 radical (unpaired) electrons. The van der Waals surface area contributed by atoms with Gasteiger partial charge < -0.3 is 14.2 Å². The molecule has 3 rings (SSSR count). The number of hydrogen-bond donors (Lipinski definition) is 1. The van der Waals surface area contributed by atoms with Crippen LogP contribution in [0.4, 0.5) is 0 Å². The lowest BCUT2D eigenvalue weighted by Gasteiger charge is -2.16. The second-order valence-electron chi connectivity index (χ2n) is 6.21. The molecule has 0 spiro atoms. The van der Waals surface area contributed by atoms with Crippen molar-refractivity contribution in [3.8, 4) is 11.5 Å². The highest BCUT2D eigenvalue weighted by molar-refractivity contribution is 6.04. The largest absolute Gasteiger partial charge is 0.462 e. The second kappa shape index (κ2) is 7.91. The standard InChI is InChI=1S/C20H22N2O4/c1-13(2)26-20(21-14(3)15-7-5-4-6-8-15)22-19(23)16-9-10-17-18(11-16)25-12-24-17/h4-11,13-14H,12H2,1-3H3,(H,21,22,23)/t14-/m1/s1. The van der Waals surface area contributed by atoms with Crippen LogP contribution in [0.5, 0.6) is 11.5 Å². The van der Waals surface area contributed by atoms with E-state index in [0.29, 0.717) is 17.1 Å². The molecule has 0 aromatic heterocycles. The van der Waals surface area contributed by atoms with Crippen LogP contribution in [-0.2, 0) is 4.74 Å². The van der Waals surface area contributed by atoms with E-state index in [9.17, 15) is 4.79 Å². The number of fused-ring (bicyclic) bond motifs is 1. The fourth-order valence-corrected chi connectivity index (χ4v) is 2.50. The molecule has 1 heterocycles. The molecule has 1 aliphatic heterocycles. The van der Waals surface area contributed by atoms with Crippen molar-refractivity contribution in [3.63, 3.8) is 0 Å². The molecule has 0 saturated heterocycles. The fraction of sp³-hybridized carbons (Fsp3) is 0.300. The molecule has 136 valence electrons. The van der Waals surface area contributed by atoms with E-state index in [0.717, 1.165) is 5.56 Å². The van der Waals surface area contributed by atoms with Gasteiger partial charge >= 0.3 is 0 Å². The highest BCUT2D eigenvalue weighted by Crippen LogP contribution is 2.32. The summed E-state index contributed by atoms with van der Waals surface area (Å²) in [6.07, 6.45) is -0.117. The van der Waals surface area contributed by atoms with Crippen LogP contribution in [0.25, 0.3) is 0 Å². The zero-order valence-electron chi connectivity index (χ0n) is 15.1. The first-order valence-electron chi connectivity index (χ1n) is 8.53. The van der Waals surface area contributed by atoms with Crippen LogP contribution in [0, 0.1) is 0 Å². The summed E-state index contributed by atoms with van der Waals surface area (Å²) in [4.78, 5) is 17.1. The van der Waals surface area contributed by atoms with Crippen LogP contribution < -0.4 is 14.8 Å². The summed E-state index contributed by atoms with van der Waals surface area (Å²) in [5.41, 5.74) is 1.48. The van der Waals surface area contributed by atoms with Crippen LogP contribution in [0.3, 0.4) is 0 Å². The molecular weight excluding hydrogens is 332 g/mol. The average Bonchev–Trinajstić information content (AvgIpc) is 3.09. The van der Waals surface area contributed by atoms with E-state index in [1.165, 1.54) is 0 Å². The number of aliphatic imine (C=N–C) groups is 1. The maximum Gasteiger partial charge on any atom is 0.292 e. The summed E-state index contributed by atoms with van der Waals surface area (Å²) in [5, 5.41) is 2.75. The van der Waals surface area contributed by atoms with E-state index in [1.807, 2.05) is 51.1 Å². The van der Waals surface area contributed by atoms with Gasteiger partial charge in [0.25, 0.3) is 11.9 Å². The van der Waals surface area contributed by atoms with Crippen LogP contribution in [0.15, 0.2) is 53.5 Å². The van der Waals surface area contributed by atoms with E-state index in [4.69, 9.17) is 14.2 Å². The minimum absolute atomic E-state index is 0.117. The first-order chi connectivity index (χ1) is 12.5. The number of ether oxygens (including phenoxy) is 3. The Morgan fingerprint density at radius 3 is 2.54 bits per heavy atom. The van der Waals surface area contributed by atoms with E-state index >= 15 is 0 Å². The maximum absolute atomic E-state index is 12.6. The summed E-state index contributed by atoms with van der Waals surface area (Å²) >= 11 is 0. The van der Waals surface area contributed by atoms with E-state index in [2.05, 4.69) is 10.3 Å². The monoisotopic (exact) mass is 354 g/mol. The van der Waals surface area contributed by atoms with Gasteiger partial charge in [0.1, 0.15) is 0 Å². The molecule has 1 aliphatic rings. The van der Waals surface area contributed by atoms with E-state index < -0.39 is 0 Å². The molecule has 0 saturated carbocycles. The van der Waals surface area contributed by atoms with Crippen LogP contribution in [0.1, 0.15) is 42.7 Å². The highest BCUT2D eigenvalue weighted by Gasteiger charge is 2.18. The number of hydrogen-bond acceptors (Lipinski definition) is 5. The number of amides is 1. The molecule has 0 fully saturated rings. The third-order valence-corrected chi connectivity index (χ3v) is 3.80. The Labute approximate surface area is 152 Å². The normalized spacial score (nSPS) is 14.2. The van der Waals surface area contributed by atoms with Crippen LogP contribution in [-0.4, -0.2) is 24.8 Å². The molecule has 1 N–H and O–H groups in total. The second-order valence-corrected chi connectivity index (χ2v) is 6.21. The van der Waals surface area contributed by atoms with Crippen molar-refractivity contribution in [3.05, 3.63) is 59.7 Å². The van der Waals surface area contributed by atoms with Crippen molar-refractivity contribution in [2.24, 2.45) is 4.99 Å². The Kier molecular flexibility index (Phi) is 5.41. The summed E-state index contributed by atoms with van der Waals surface area (Å²) in [6.45, 7) is 5.88. The average molecular weight is 354 g/mol. The number of nitrogens with zero attached hydrogens (tertiary/aromatic N) is 1. The molecule has 0 unspecified atom stereocenters. The van der Waals surface area contributed by atoms with Gasteiger partial charge in [0, 0.05) is 5.56 Å². The third-order valence-electron chi connectivity index (χ3n) is 3.80. The summed E-state index contributed by atoms with van der Waals surface area (Å²) in [7, 11) is 0. The lowest BCUT2D eigenvalue weighted by molar-refractivity contribution is 0.0959. The fourth-order valence-electron chi connectivity index (χ4n) is 2.50. The van der Waals surface area contributed by atoms with Gasteiger partial charge in [-0.15, -0.1) is 0 Å². The van der Waals surface area contributed by atoms with Crippen molar-refractivity contribution >= 4 is 11.9 Å². The van der Waals surface area contributed by atoms with Gasteiger partial charge in [-0.3, -0.25) is 10.1 Å². The molecule has 26 heavy (non-hydrogen) atoms. The van der Waals surface area contributed by atoms with Crippen LogP contribution in [0.2, 0.25) is 0 Å². The molecule has 1 atom stereocenters. The lowest BCUT2D eigenvalue weighted by atomic mass is 10.1. The SMILES string of the molecule is CC(C)OC(=N[C@H](C)c1ccccc1)NC(=O)c1ccc2c(c1)OCO2. The van der Waals surface area contributed by atoms with Crippen molar-refractivity contribution < 1.29 is 19.0 Å². The summed E-state index contributed by atoms with van der Waals surface area (Å²) < 4.78 is 16.3. The molecule has 0 aliphatic carbocycles. The van der Waals surface area contributed by atoms with Crippen molar-refractivity contribution in [1.29, 1.82) is 0 Å². The number of carbonyl (C=O) groups excluding carboxylic acids is 1. The number of rotatable bonds is 4. The molecular formula is C20H22N2O4. The molecule has 6 nitrogen and oxygen atoms in total. The Morgan fingerprint density at radius 2 is 1.81 bits per heavy atom. The number of benzene rings is 2. The predicted molar refractivity (Wildman–Crippen MR) is 98.5 cm³/mol. The van der Waals surface area contributed by atoms with E-state index in [1.54, 1.807) is 18.2 Å². The molecule has 1 amide bonds. The van der Waals surface area contributed by atoms with Crippen molar-refractivity contribution in [1.82, 2.24) is 5.32 Å². The number of amidine groups is 1. The quantitative estimate of drug-likeness (QED) is 0.672. The summed E-state index contributed by atoms with van der Waals surface area (Å²) in [5.74, 6) is 0.869. The lowest BCUT2D eigenvalue weighted by Crippen LogP contribution is -2.34. The van der Waals surface area contributed by atoms with Crippen LogP contribution >= 0.6 is 0 Å². The molecule has 2 aromatic rings. The Hall–Kier alpha value is -3.02. The van der Waals surface area contributed by atoms with Crippen molar-refractivity contribution in [2.75, 3.05) is 6.79 Å². The van der Waals surface area contributed by atoms with Gasteiger partial charge in [-0.05, 0) is 44.5 Å². The molecule has 6 heteroatoms. The number of nitrogens with one attached hydrogen (secondary N) is 1. The predicted octanol–water partition coefficient (Wildman–Crippen LogP) is 3.69. The van der Waals surface area contributed by atoms with Gasteiger partial charge in [-0.25, -0.2) is 4.99 Å². The van der Waals surface area contributed by atoms with Gasteiger partial charge in [0.15, 0.2) is 11.5 Å². The number of carbonyl (C=O) groups is 1. The van der Waals surface area contributed by atoms with Crippen molar-refractivity contribution in [2.45, 2.75) is 32.9 Å². The van der Waals surface area contributed by atoms with Gasteiger partial charge in [-0.1, -0.05) is 30.3 Å². The van der Waals surface area contributed by atoms with Gasteiger partial charge in [0.05, 0.1) is 12.1 Å². The minimum atomic E-state index is -0.317. The molecule has 2 aromatic carbocycles. The van der Waals surface area contributed by atoms with Gasteiger partial charge in [-0.2, -0.15) is 0 Å². The molecule has 0 bridgehead atoms. The Bertz CT molecular complexity index is 803. The third kappa shape index (κ3) is 4.33. The van der Waals surface area contributed by atoms with E-state index in [-0.39, 0.29) is 30.9 Å². The topological polar surface area (TPSA) is 69.2 Å². The summed E-state index contributed by atoms with van der Waals surface area (Å²) in [6, 6.07) is 14.9. The minimum Gasteiger partial charge on any atom is -0.462 e. The van der Waals surface area contributed by atoms with Gasteiger partial charge in [0.2, 0.25) is 6.79 Å².